The van der Waals surface area contributed by atoms with Crippen LogP contribution in [0.1, 0.15) is 38.9 Å². The Balaban J connectivity index is 2.23. The van der Waals surface area contributed by atoms with E-state index in [9.17, 15) is 4.79 Å². The van der Waals surface area contributed by atoms with E-state index in [0.717, 1.165) is 12.8 Å². The number of nitrogens with two attached hydrogens (primary N) is 1. The van der Waals surface area contributed by atoms with Gasteiger partial charge in [0.2, 0.25) is 5.91 Å². The topological polar surface area (TPSA) is 81.2 Å². The van der Waals surface area contributed by atoms with Crippen molar-refractivity contribution in [2.45, 2.75) is 39.7 Å². The van der Waals surface area contributed by atoms with Crippen LogP contribution in [-0.4, -0.2) is 17.6 Å². The summed E-state index contributed by atoms with van der Waals surface area (Å²) >= 11 is 0. The first-order valence-electron chi connectivity index (χ1n) is 6.49. The molecule has 5 nitrogen and oxygen atoms in total. The molecule has 1 heterocycles. The van der Waals surface area contributed by atoms with Gasteiger partial charge in [0.1, 0.15) is 0 Å². The summed E-state index contributed by atoms with van der Waals surface area (Å²) in [6, 6.07) is 1.74. The van der Waals surface area contributed by atoms with Crippen LogP contribution in [0.4, 0.5) is 0 Å². The first-order valence-corrected chi connectivity index (χ1v) is 6.49. The molecule has 1 rings (SSSR count). The van der Waals surface area contributed by atoms with Crippen molar-refractivity contribution < 1.29 is 9.32 Å². The van der Waals surface area contributed by atoms with Crippen LogP contribution < -0.4 is 11.1 Å². The number of nitrogens with zero attached hydrogens (tertiary/aromatic N) is 1. The summed E-state index contributed by atoms with van der Waals surface area (Å²) in [6.45, 7) is 5.43. The highest BCUT2D eigenvalue weighted by atomic mass is 16.5. The second-order valence-corrected chi connectivity index (χ2v) is 4.88. The van der Waals surface area contributed by atoms with E-state index in [-0.39, 0.29) is 5.91 Å². The van der Waals surface area contributed by atoms with Crippen LogP contribution in [0, 0.1) is 11.8 Å². The molecule has 102 valence electrons. The Bertz CT molecular complexity index is 336. The van der Waals surface area contributed by atoms with Crippen molar-refractivity contribution in [2.24, 2.45) is 17.6 Å². The number of hydrogen-bond acceptors (Lipinski definition) is 4. The first kappa shape index (κ1) is 14.7. The third-order valence-electron chi connectivity index (χ3n) is 3.17. The van der Waals surface area contributed by atoms with E-state index >= 15 is 0 Å². The molecule has 0 fully saturated rings. The number of amides is 1. The van der Waals surface area contributed by atoms with Gasteiger partial charge in [-0.1, -0.05) is 19.0 Å². The van der Waals surface area contributed by atoms with E-state index in [1.54, 1.807) is 12.3 Å². The largest absolute Gasteiger partial charge is 0.360 e. The molecule has 0 saturated carbocycles. The first-order chi connectivity index (χ1) is 8.63. The van der Waals surface area contributed by atoms with Crippen LogP contribution in [-0.2, 0) is 11.3 Å². The lowest BCUT2D eigenvalue weighted by Gasteiger charge is -2.19. The van der Waals surface area contributed by atoms with Gasteiger partial charge >= 0.3 is 0 Å². The van der Waals surface area contributed by atoms with Gasteiger partial charge in [0, 0.05) is 12.5 Å². The van der Waals surface area contributed by atoms with Crippen molar-refractivity contribution in [3.63, 3.8) is 0 Å². The van der Waals surface area contributed by atoms with Crippen LogP contribution in [0.15, 0.2) is 16.8 Å². The van der Waals surface area contributed by atoms with Crippen molar-refractivity contribution >= 4 is 5.91 Å². The van der Waals surface area contributed by atoms with E-state index in [1.165, 1.54) is 0 Å². The summed E-state index contributed by atoms with van der Waals surface area (Å²) in [4.78, 5) is 11.7. The fourth-order valence-electron chi connectivity index (χ4n) is 1.95. The lowest BCUT2D eigenvalue weighted by Crippen LogP contribution is -2.24. The van der Waals surface area contributed by atoms with Crippen LogP contribution in [0.2, 0.25) is 0 Å². The van der Waals surface area contributed by atoms with Gasteiger partial charge in [-0.25, -0.2) is 0 Å². The Kier molecular flexibility index (Phi) is 6.43. The molecule has 0 aliphatic rings. The van der Waals surface area contributed by atoms with E-state index < -0.39 is 0 Å². The molecule has 0 spiro atoms. The van der Waals surface area contributed by atoms with E-state index in [1.807, 2.05) is 0 Å². The monoisotopic (exact) mass is 253 g/mol. The second-order valence-electron chi connectivity index (χ2n) is 4.88. The smallest absolute Gasteiger partial charge is 0.220 e. The molecule has 3 N–H and O–H groups in total. The normalized spacial score (nSPS) is 12.7. The Labute approximate surface area is 108 Å². The van der Waals surface area contributed by atoms with Crippen molar-refractivity contribution in [1.29, 1.82) is 0 Å². The number of aromatic nitrogens is 1. The predicted octanol–water partition coefficient (Wildman–Crippen LogP) is 1.69. The van der Waals surface area contributed by atoms with Crippen LogP contribution in [0.25, 0.3) is 0 Å². The van der Waals surface area contributed by atoms with Gasteiger partial charge in [-0.2, -0.15) is 0 Å². The van der Waals surface area contributed by atoms with Gasteiger partial charge in [-0.15, -0.1) is 0 Å². The average molecular weight is 253 g/mol. The zero-order valence-corrected chi connectivity index (χ0v) is 11.2. The summed E-state index contributed by atoms with van der Waals surface area (Å²) in [5.41, 5.74) is 5.58. The molecular weight excluding hydrogens is 230 g/mol. The minimum Gasteiger partial charge on any atom is -0.360 e. The van der Waals surface area contributed by atoms with E-state index in [0.29, 0.717) is 37.1 Å². The highest BCUT2D eigenvalue weighted by Gasteiger charge is 2.14. The summed E-state index contributed by atoms with van der Waals surface area (Å²) in [5.74, 6) is 1.81. The van der Waals surface area contributed by atoms with Gasteiger partial charge in [0.05, 0.1) is 12.7 Å². The molecule has 0 saturated heterocycles. The Morgan fingerprint density at radius 3 is 2.83 bits per heavy atom. The maximum absolute atomic E-state index is 11.7. The maximum Gasteiger partial charge on any atom is 0.220 e. The molecular formula is C13H23N3O2. The van der Waals surface area contributed by atoms with Crippen LogP contribution in [0.3, 0.4) is 0 Å². The zero-order chi connectivity index (χ0) is 13.4. The molecule has 1 aromatic rings. The third kappa shape index (κ3) is 5.31. The molecule has 0 radical (unpaired) electrons. The predicted molar refractivity (Wildman–Crippen MR) is 69.6 cm³/mol. The van der Waals surface area contributed by atoms with E-state index in [4.69, 9.17) is 10.3 Å². The van der Waals surface area contributed by atoms with Crippen LogP contribution in [0.5, 0.6) is 0 Å². The number of carbonyl (C=O) groups is 1. The highest BCUT2D eigenvalue weighted by molar-refractivity contribution is 5.75. The lowest BCUT2D eigenvalue weighted by molar-refractivity contribution is -0.121. The molecule has 18 heavy (non-hydrogen) atoms. The van der Waals surface area contributed by atoms with Gasteiger partial charge in [-0.05, 0) is 31.2 Å². The number of rotatable bonds is 8. The highest BCUT2D eigenvalue weighted by Crippen LogP contribution is 2.20. The standard InChI is InChI=1S/C13H23N3O2/c1-10(2)11(5-7-14)3-4-13(17)15-9-12-6-8-16-18-12/h6,8,10-11H,3-5,7,9,14H2,1-2H3,(H,15,17). The SMILES string of the molecule is CC(C)C(CCN)CCC(=O)NCc1ccno1. The van der Waals surface area contributed by atoms with Gasteiger partial charge < -0.3 is 15.6 Å². The second kappa shape index (κ2) is 7.87. The molecule has 1 unspecified atom stereocenters. The lowest BCUT2D eigenvalue weighted by atomic mass is 9.88. The fraction of sp³-hybridized carbons (Fsp3) is 0.692. The summed E-state index contributed by atoms with van der Waals surface area (Å²) in [7, 11) is 0. The van der Waals surface area contributed by atoms with Crippen molar-refractivity contribution in [2.75, 3.05) is 6.54 Å². The Morgan fingerprint density at radius 1 is 1.50 bits per heavy atom. The van der Waals surface area contributed by atoms with E-state index in [2.05, 4.69) is 24.3 Å². The molecule has 0 aliphatic carbocycles. The maximum atomic E-state index is 11.7. The summed E-state index contributed by atoms with van der Waals surface area (Å²) in [6.07, 6.45) is 3.97. The quantitative estimate of drug-likeness (QED) is 0.738. The van der Waals surface area contributed by atoms with Gasteiger partial charge in [0.15, 0.2) is 5.76 Å². The number of nitrogens with one attached hydrogen (secondary N) is 1. The zero-order valence-electron chi connectivity index (χ0n) is 11.2. The van der Waals surface area contributed by atoms with Gasteiger partial charge in [-0.3, -0.25) is 4.79 Å². The molecule has 1 amide bonds. The molecule has 0 aromatic carbocycles. The molecule has 0 aliphatic heterocycles. The van der Waals surface area contributed by atoms with Crippen molar-refractivity contribution in [1.82, 2.24) is 10.5 Å². The number of hydrogen-bond donors (Lipinski definition) is 2. The molecule has 0 bridgehead atoms. The molecule has 1 aromatic heterocycles. The Hall–Kier alpha value is -1.36. The Morgan fingerprint density at radius 2 is 2.28 bits per heavy atom. The minimum absolute atomic E-state index is 0.0501. The van der Waals surface area contributed by atoms with Crippen molar-refractivity contribution in [3.05, 3.63) is 18.0 Å². The molecule has 1 atom stereocenters. The third-order valence-corrected chi connectivity index (χ3v) is 3.17. The van der Waals surface area contributed by atoms with Crippen molar-refractivity contribution in [3.8, 4) is 0 Å². The van der Waals surface area contributed by atoms with Gasteiger partial charge in [0.25, 0.3) is 0 Å². The molecule has 5 heteroatoms. The van der Waals surface area contributed by atoms with Crippen LogP contribution >= 0.6 is 0 Å². The average Bonchev–Trinajstić information content (AvgIpc) is 2.84. The fourth-order valence-corrected chi connectivity index (χ4v) is 1.95. The summed E-state index contributed by atoms with van der Waals surface area (Å²) in [5, 5.41) is 6.40. The summed E-state index contributed by atoms with van der Waals surface area (Å²) < 4.78 is 4.91. The minimum atomic E-state index is 0.0501. The number of carbonyl (C=O) groups excluding carboxylic acids is 1.